The van der Waals surface area contributed by atoms with Crippen molar-refractivity contribution in [3.63, 3.8) is 0 Å². The van der Waals surface area contributed by atoms with Gasteiger partial charge in [-0.25, -0.2) is 0 Å². The second-order valence-electron chi connectivity index (χ2n) is 8.24. The molecule has 5 heteroatoms. The summed E-state index contributed by atoms with van der Waals surface area (Å²) in [7, 11) is 3.71. The van der Waals surface area contributed by atoms with Crippen molar-refractivity contribution < 1.29 is 9.59 Å². The fourth-order valence-electron chi connectivity index (χ4n) is 4.42. The second-order valence-corrected chi connectivity index (χ2v) is 8.24. The summed E-state index contributed by atoms with van der Waals surface area (Å²) < 4.78 is 0. The van der Waals surface area contributed by atoms with Crippen LogP contribution in [-0.4, -0.2) is 55.3 Å². The molecular formula is C27H29N3O2. The van der Waals surface area contributed by atoms with Crippen LogP contribution in [0.15, 0.2) is 84.9 Å². The number of piperazine rings is 1. The highest BCUT2D eigenvalue weighted by Gasteiger charge is 2.33. The van der Waals surface area contributed by atoms with E-state index in [2.05, 4.69) is 17.3 Å². The van der Waals surface area contributed by atoms with E-state index < -0.39 is 0 Å². The van der Waals surface area contributed by atoms with Gasteiger partial charge in [-0.3, -0.25) is 14.5 Å². The average molecular weight is 428 g/mol. The summed E-state index contributed by atoms with van der Waals surface area (Å²) in [5.74, 6) is -0.326. The van der Waals surface area contributed by atoms with Gasteiger partial charge in [-0.1, -0.05) is 72.8 Å². The maximum atomic E-state index is 13.8. The number of hydrogen-bond acceptors (Lipinski definition) is 3. The molecule has 1 N–H and O–H groups in total. The van der Waals surface area contributed by atoms with E-state index in [0.29, 0.717) is 18.7 Å². The van der Waals surface area contributed by atoms with Crippen molar-refractivity contribution in [2.45, 2.75) is 12.0 Å². The molecule has 2 amide bonds. The van der Waals surface area contributed by atoms with E-state index in [9.17, 15) is 9.59 Å². The van der Waals surface area contributed by atoms with Crippen molar-refractivity contribution in [3.8, 4) is 0 Å². The number of amides is 2. The van der Waals surface area contributed by atoms with Crippen molar-refractivity contribution in [1.82, 2.24) is 15.1 Å². The topological polar surface area (TPSA) is 52.7 Å². The molecule has 0 unspecified atom stereocenters. The van der Waals surface area contributed by atoms with Gasteiger partial charge in [0.15, 0.2) is 0 Å². The summed E-state index contributed by atoms with van der Waals surface area (Å²) in [6, 6.07) is 27.7. The van der Waals surface area contributed by atoms with Crippen molar-refractivity contribution in [2.24, 2.45) is 0 Å². The van der Waals surface area contributed by atoms with Gasteiger partial charge in [0.25, 0.3) is 5.91 Å². The number of hydrogen-bond donors (Lipinski definition) is 1. The van der Waals surface area contributed by atoms with Gasteiger partial charge in [0.1, 0.15) is 0 Å². The molecule has 1 fully saturated rings. The number of nitrogens with zero attached hydrogens (tertiary/aromatic N) is 2. The lowest BCUT2D eigenvalue weighted by Gasteiger charge is -2.41. The zero-order valence-electron chi connectivity index (χ0n) is 18.6. The minimum atomic E-state index is -0.335. The Balaban J connectivity index is 1.63. The van der Waals surface area contributed by atoms with E-state index in [4.69, 9.17) is 0 Å². The van der Waals surface area contributed by atoms with Gasteiger partial charge in [-0.2, -0.15) is 0 Å². The zero-order chi connectivity index (χ0) is 22.5. The third kappa shape index (κ3) is 4.58. The van der Waals surface area contributed by atoms with Crippen LogP contribution >= 0.6 is 0 Å². The monoisotopic (exact) mass is 427 g/mol. The molecule has 1 atom stereocenters. The Morgan fingerprint density at radius 3 is 2.09 bits per heavy atom. The van der Waals surface area contributed by atoms with Crippen LogP contribution in [0.3, 0.4) is 0 Å². The molecule has 0 radical (unpaired) electrons. The molecule has 3 aromatic rings. The molecule has 0 aromatic heterocycles. The molecule has 0 aliphatic carbocycles. The molecule has 1 saturated heterocycles. The first-order valence-electron chi connectivity index (χ1n) is 11.0. The van der Waals surface area contributed by atoms with Crippen molar-refractivity contribution >= 4 is 11.8 Å². The number of rotatable bonds is 5. The fraction of sp³-hybridized carbons (Fsp3) is 0.259. The van der Waals surface area contributed by atoms with Crippen LogP contribution in [-0.2, 0) is 4.79 Å². The van der Waals surface area contributed by atoms with Crippen molar-refractivity contribution in [1.29, 1.82) is 0 Å². The van der Waals surface area contributed by atoms with Gasteiger partial charge in [-0.15, -0.1) is 0 Å². The maximum Gasteiger partial charge on any atom is 0.251 e. The molecule has 164 valence electrons. The Morgan fingerprint density at radius 2 is 1.50 bits per heavy atom. The van der Waals surface area contributed by atoms with E-state index in [-0.39, 0.29) is 23.8 Å². The summed E-state index contributed by atoms with van der Waals surface area (Å²) in [4.78, 5) is 30.2. The van der Waals surface area contributed by atoms with Crippen molar-refractivity contribution in [3.05, 3.63) is 107 Å². The largest absolute Gasteiger partial charge is 0.355 e. The molecule has 4 rings (SSSR count). The van der Waals surface area contributed by atoms with Gasteiger partial charge >= 0.3 is 0 Å². The molecule has 3 aromatic carbocycles. The Bertz CT molecular complexity index is 1030. The highest BCUT2D eigenvalue weighted by Crippen LogP contribution is 2.31. The van der Waals surface area contributed by atoms with Crippen molar-refractivity contribution in [2.75, 3.05) is 33.7 Å². The number of likely N-dealkylation sites (N-methyl/N-ethyl adjacent to an activating group) is 1. The van der Waals surface area contributed by atoms with Crippen LogP contribution < -0.4 is 5.32 Å². The fourth-order valence-corrected chi connectivity index (χ4v) is 4.42. The predicted molar refractivity (Wildman–Crippen MR) is 127 cm³/mol. The highest BCUT2D eigenvalue weighted by atomic mass is 16.2. The number of carbonyl (C=O) groups is 2. The van der Waals surface area contributed by atoms with E-state index in [1.54, 1.807) is 7.05 Å². The first kappa shape index (κ1) is 21.8. The quantitative estimate of drug-likeness (QED) is 0.676. The molecule has 1 heterocycles. The Hall–Kier alpha value is -3.44. The van der Waals surface area contributed by atoms with Crippen LogP contribution in [0, 0.1) is 0 Å². The predicted octanol–water partition coefficient (Wildman–Crippen LogP) is 3.69. The van der Waals surface area contributed by atoms with Gasteiger partial charge in [0, 0.05) is 32.2 Å². The number of benzene rings is 3. The van der Waals surface area contributed by atoms with Gasteiger partial charge in [0.05, 0.1) is 12.0 Å². The molecule has 5 nitrogen and oxygen atoms in total. The minimum absolute atomic E-state index is 0.0319. The summed E-state index contributed by atoms with van der Waals surface area (Å²) in [6.45, 7) is 2.04. The minimum Gasteiger partial charge on any atom is -0.355 e. The molecule has 0 saturated carbocycles. The Morgan fingerprint density at radius 1 is 0.875 bits per heavy atom. The highest BCUT2D eigenvalue weighted by molar-refractivity contribution is 5.94. The molecule has 0 bridgehead atoms. The smallest absolute Gasteiger partial charge is 0.251 e. The SMILES string of the molecule is CNC(=O)c1cccc([C@H]2CN(C(=O)C(c3ccccc3)c3ccccc3)CCN2C)c1. The lowest BCUT2D eigenvalue weighted by molar-refractivity contribution is -0.134. The third-order valence-electron chi connectivity index (χ3n) is 6.23. The molecule has 1 aliphatic rings. The summed E-state index contributed by atoms with van der Waals surface area (Å²) in [5.41, 5.74) is 3.68. The normalized spacial score (nSPS) is 16.7. The Kier molecular flexibility index (Phi) is 6.66. The van der Waals surface area contributed by atoms with E-state index in [1.165, 1.54) is 0 Å². The third-order valence-corrected chi connectivity index (χ3v) is 6.23. The number of carbonyl (C=O) groups excluding carboxylic acids is 2. The number of nitrogens with one attached hydrogen (secondary N) is 1. The lowest BCUT2D eigenvalue weighted by Crippen LogP contribution is -2.50. The summed E-state index contributed by atoms with van der Waals surface area (Å²) >= 11 is 0. The van der Waals surface area contributed by atoms with Gasteiger partial charge in [-0.05, 0) is 35.9 Å². The maximum absolute atomic E-state index is 13.8. The first-order valence-corrected chi connectivity index (χ1v) is 11.0. The molecule has 1 aliphatic heterocycles. The molecule has 32 heavy (non-hydrogen) atoms. The lowest BCUT2D eigenvalue weighted by atomic mass is 9.89. The first-order chi connectivity index (χ1) is 15.6. The summed E-state index contributed by atoms with van der Waals surface area (Å²) in [5, 5.41) is 2.68. The zero-order valence-corrected chi connectivity index (χ0v) is 18.6. The van der Waals surface area contributed by atoms with Crippen LogP contribution in [0.1, 0.15) is 39.0 Å². The average Bonchev–Trinajstić information content (AvgIpc) is 2.85. The van der Waals surface area contributed by atoms with Gasteiger partial charge in [0.2, 0.25) is 5.91 Å². The van der Waals surface area contributed by atoms with E-state index >= 15 is 0 Å². The Labute approximate surface area is 189 Å². The summed E-state index contributed by atoms with van der Waals surface area (Å²) in [6.07, 6.45) is 0. The van der Waals surface area contributed by atoms with Crippen LogP contribution in [0.5, 0.6) is 0 Å². The van der Waals surface area contributed by atoms with Crippen LogP contribution in [0.2, 0.25) is 0 Å². The van der Waals surface area contributed by atoms with Crippen LogP contribution in [0.4, 0.5) is 0 Å². The van der Waals surface area contributed by atoms with E-state index in [1.807, 2.05) is 89.8 Å². The van der Waals surface area contributed by atoms with Gasteiger partial charge < -0.3 is 10.2 Å². The standard InChI is InChI=1S/C27H29N3O2/c1-28-26(31)23-15-9-14-22(18-23)24-19-30(17-16-29(24)2)27(32)25(20-10-5-3-6-11-20)21-12-7-4-8-13-21/h3-15,18,24-25H,16-17,19H2,1-2H3,(H,28,31)/t24-/m1/s1. The molecule has 0 spiro atoms. The second kappa shape index (κ2) is 9.79. The van der Waals surface area contributed by atoms with Crippen LogP contribution in [0.25, 0.3) is 0 Å². The van der Waals surface area contributed by atoms with E-state index in [0.717, 1.165) is 23.2 Å². The molecular weight excluding hydrogens is 398 g/mol.